The summed E-state index contributed by atoms with van der Waals surface area (Å²) in [5, 5.41) is 46.2. The SMILES string of the molecule is CC1OC(OCCOCCOCc2cn(C[C@@H](C)O)nn2)C(O)C(O)C1O. The molecular formula is C16H29N3O8. The van der Waals surface area contributed by atoms with Crippen molar-refractivity contribution in [3.8, 4) is 0 Å². The van der Waals surface area contributed by atoms with Gasteiger partial charge in [-0.1, -0.05) is 5.21 Å². The van der Waals surface area contributed by atoms with Crippen LogP contribution in [0.15, 0.2) is 6.20 Å². The van der Waals surface area contributed by atoms with Crippen LogP contribution in [0.25, 0.3) is 0 Å². The molecule has 6 atom stereocenters. The molecule has 1 saturated heterocycles. The highest BCUT2D eigenvalue weighted by molar-refractivity contribution is 4.89. The molecule has 4 N–H and O–H groups in total. The Morgan fingerprint density at radius 1 is 1.11 bits per heavy atom. The largest absolute Gasteiger partial charge is 0.391 e. The van der Waals surface area contributed by atoms with Gasteiger partial charge in [-0.05, 0) is 13.8 Å². The molecule has 1 aromatic rings. The molecule has 156 valence electrons. The van der Waals surface area contributed by atoms with Crippen molar-refractivity contribution in [3.63, 3.8) is 0 Å². The first-order valence-electron chi connectivity index (χ1n) is 8.92. The Balaban J connectivity index is 1.51. The van der Waals surface area contributed by atoms with E-state index in [1.54, 1.807) is 24.7 Å². The first kappa shape index (κ1) is 22.1. The van der Waals surface area contributed by atoms with E-state index in [0.29, 0.717) is 32.1 Å². The van der Waals surface area contributed by atoms with Crippen molar-refractivity contribution in [2.75, 3.05) is 26.4 Å². The molecule has 0 bridgehead atoms. The molecule has 0 aromatic carbocycles. The number of nitrogens with zero attached hydrogens (tertiary/aromatic N) is 3. The normalized spacial score (nSPS) is 29.8. The standard InChI is InChI=1S/C16H29N3O8/c1-10(20)7-19-8-12(17-18-19)9-25-4-3-24-5-6-26-16-15(23)14(22)13(21)11(2)27-16/h8,10-11,13-16,20-23H,3-7,9H2,1-2H3/t10-,11?,13?,14?,15?,16?/m1/s1. The zero-order valence-electron chi connectivity index (χ0n) is 15.5. The van der Waals surface area contributed by atoms with Crippen LogP contribution in [0.5, 0.6) is 0 Å². The van der Waals surface area contributed by atoms with E-state index in [2.05, 4.69) is 10.3 Å². The van der Waals surface area contributed by atoms with Crippen LogP contribution in [0.4, 0.5) is 0 Å². The van der Waals surface area contributed by atoms with Gasteiger partial charge >= 0.3 is 0 Å². The van der Waals surface area contributed by atoms with E-state index in [-0.39, 0.29) is 13.2 Å². The molecule has 11 heteroatoms. The fraction of sp³-hybridized carbons (Fsp3) is 0.875. The maximum absolute atomic E-state index is 9.81. The minimum absolute atomic E-state index is 0.158. The van der Waals surface area contributed by atoms with Gasteiger partial charge in [0.15, 0.2) is 6.29 Å². The monoisotopic (exact) mass is 391 g/mol. The lowest BCUT2D eigenvalue weighted by molar-refractivity contribution is -0.294. The summed E-state index contributed by atoms with van der Waals surface area (Å²) in [6.45, 7) is 5.05. The second-order valence-corrected chi connectivity index (χ2v) is 6.50. The Bertz CT molecular complexity index is 543. The molecule has 11 nitrogen and oxygen atoms in total. The predicted octanol–water partition coefficient (Wildman–Crippen LogP) is -1.96. The second-order valence-electron chi connectivity index (χ2n) is 6.50. The third-order valence-corrected chi connectivity index (χ3v) is 3.98. The maximum atomic E-state index is 9.81. The second kappa shape index (κ2) is 11.0. The van der Waals surface area contributed by atoms with E-state index in [1.807, 2.05) is 0 Å². The van der Waals surface area contributed by atoms with Gasteiger partial charge in [0.05, 0.1) is 58.0 Å². The first-order chi connectivity index (χ1) is 12.9. The summed E-state index contributed by atoms with van der Waals surface area (Å²) in [5.41, 5.74) is 0.664. The molecule has 0 saturated carbocycles. The zero-order valence-corrected chi connectivity index (χ0v) is 15.5. The summed E-state index contributed by atoms with van der Waals surface area (Å²) in [6.07, 6.45) is -4.21. The maximum Gasteiger partial charge on any atom is 0.186 e. The van der Waals surface area contributed by atoms with Crippen LogP contribution in [-0.4, -0.2) is 98.7 Å². The summed E-state index contributed by atoms with van der Waals surface area (Å²) in [7, 11) is 0. The van der Waals surface area contributed by atoms with Gasteiger partial charge in [-0.25, -0.2) is 4.68 Å². The van der Waals surface area contributed by atoms with Crippen molar-refractivity contribution in [2.45, 2.75) is 63.8 Å². The molecule has 0 radical (unpaired) electrons. The van der Waals surface area contributed by atoms with Crippen LogP contribution in [0.1, 0.15) is 19.5 Å². The van der Waals surface area contributed by atoms with Crippen molar-refractivity contribution < 1.29 is 39.4 Å². The number of hydrogen-bond acceptors (Lipinski definition) is 10. The lowest BCUT2D eigenvalue weighted by atomic mass is 10.0. The third kappa shape index (κ3) is 7.05. The number of aliphatic hydroxyl groups excluding tert-OH is 4. The molecule has 0 spiro atoms. The van der Waals surface area contributed by atoms with Crippen molar-refractivity contribution in [1.82, 2.24) is 15.0 Å². The van der Waals surface area contributed by atoms with E-state index in [9.17, 15) is 20.4 Å². The Labute approximate surface area is 157 Å². The lowest BCUT2D eigenvalue weighted by Gasteiger charge is -2.38. The highest BCUT2D eigenvalue weighted by atomic mass is 16.7. The van der Waals surface area contributed by atoms with Crippen LogP contribution in [0, 0.1) is 0 Å². The van der Waals surface area contributed by atoms with Crippen LogP contribution in [0.2, 0.25) is 0 Å². The fourth-order valence-electron chi connectivity index (χ4n) is 2.54. The van der Waals surface area contributed by atoms with Gasteiger partial charge in [0.25, 0.3) is 0 Å². The number of aromatic nitrogens is 3. The molecule has 1 aromatic heterocycles. The summed E-state index contributed by atoms with van der Waals surface area (Å²) in [5.74, 6) is 0. The Morgan fingerprint density at radius 3 is 2.56 bits per heavy atom. The lowest BCUT2D eigenvalue weighted by Crippen LogP contribution is -2.57. The molecule has 0 amide bonds. The summed E-state index contributed by atoms with van der Waals surface area (Å²) in [4.78, 5) is 0. The number of aliphatic hydroxyl groups is 4. The Kier molecular flexibility index (Phi) is 8.99. The molecular weight excluding hydrogens is 362 g/mol. The highest BCUT2D eigenvalue weighted by Gasteiger charge is 2.42. The van der Waals surface area contributed by atoms with E-state index in [4.69, 9.17) is 18.9 Å². The molecule has 1 aliphatic rings. The molecule has 1 fully saturated rings. The molecule has 2 rings (SSSR count). The van der Waals surface area contributed by atoms with Crippen LogP contribution < -0.4 is 0 Å². The quantitative estimate of drug-likeness (QED) is 0.313. The molecule has 0 aliphatic carbocycles. The van der Waals surface area contributed by atoms with Gasteiger partial charge in [0.1, 0.15) is 24.0 Å². The number of ether oxygens (including phenoxy) is 4. The van der Waals surface area contributed by atoms with Gasteiger partial charge in [0.2, 0.25) is 0 Å². The first-order valence-corrected chi connectivity index (χ1v) is 8.92. The van der Waals surface area contributed by atoms with Crippen LogP contribution >= 0.6 is 0 Å². The topological polar surface area (TPSA) is 149 Å². The molecule has 27 heavy (non-hydrogen) atoms. The van der Waals surface area contributed by atoms with Crippen LogP contribution in [-0.2, 0) is 32.1 Å². The van der Waals surface area contributed by atoms with E-state index in [0.717, 1.165) is 0 Å². The van der Waals surface area contributed by atoms with Gasteiger partial charge in [-0.3, -0.25) is 0 Å². The van der Waals surface area contributed by atoms with Crippen molar-refractivity contribution >= 4 is 0 Å². The van der Waals surface area contributed by atoms with Gasteiger partial charge in [-0.15, -0.1) is 5.10 Å². The average molecular weight is 391 g/mol. The van der Waals surface area contributed by atoms with E-state index >= 15 is 0 Å². The van der Waals surface area contributed by atoms with Gasteiger partial charge < -0.3 is 39.4 Å². The minimum atomic E-state index is -1.32. The molecule has 5 unspecified atom stereocenters. The van der Waals surface area contributed by atoms with E-state index in [1.165, 1.54) is 0 Å². The zero-order chi connectivity index (χ0) is 19.8. The summed E-state index contributed by atoms with van der Waals surface area (Å²) < 4.78 is 23.0. The van der Waals surface area contributed by atoms with Gasteiger partial charge in [-0.2, -0.15) is 0 Å². The smallest absolute Gasteiger partial charge is 0.186 e. The van der Waals surface area contributed by atoms with Crippen molar-refractivity contribution in [2.24, 2.45) is 0 Å². The fourth-order valence-corrected chi connectivity index (χ4v) is 2.54. The predicted molar refractivity (Wildman–Crippen MR) is 90.5 cm³/mol. The minimum Gasteiger partial charge on any atom is -0.391 e. The van der Waals surface area contributed by atoms with Crippen molar-refractivity contribution in [3.05, 3.63) is 11.9 Å². The van der Waals surface area contributed by atoms with Gasteiger partial charge in [0, 0.05) is 0 Å². The van der Waals surface area contributed by atoms with Crippen LogP contribution in [0.3, 0.4) is 0 Å². The van der Waals surface area contributed by atoms with E-state index < -0.39 is 36.8 Å². The number of rotatable bonds is 11. The summed E-state index contributed by atoms with van der Waals surface area (Å²) in [6, 6.07) is 0. The summed E-state index contributed by atoms with van der Waals surface area (Å²) >= 11 is 0. The Hall–Kier alpha value is -1.18. The Morgan fingerprint density at radius 2 is 1.81 bits per heavy atom. The third-order valence-electron chi connectivity index (χ3n) is 3.98. The highest BCUT2D eigenvalue weighted by Crippen LogP contribution is 2.21. The average Bonchev–Trinajstić information content (AvgIpc) is 3.06. The molecule has 1 aliphatic heterocycles. The van der Waals surface area contributed by atoms with Crippen molar-refractivity contribution in [1.29, 1.82) is 0 Å². The molecule has 2 heterocycles. The number of hydrogen-bond donors (Lipinski definition) is 4.